The van der Waals surface area contributed by atoms with E-state index in [0.29, 0.717) is 21.0 Å². The summed E-state index contributed by atoms with van der Waals surface area (Å²) in [4.78, 5) is 52.4. The van der Waals surface area contributed by atoms with Crippen molar-refractivity contribution < 1.29 is 28.7 Å². The van der Waals surface area contributed by atoms with Gasteiger partial charge < -0.3 is 9.47 Å². The van der Waals surface area contributed by atoms with E-state index in [9.17, 15) is 19.2 Å². The van der Waals surface area contributed by atoms with E-state index >= 15 is 0 Å². The second kappa shape index (κ2) is 8.37. The third-order valence-corrected chi connectivity index (χ3v) is 6.47. The molecule has 4 atom stereocenters. The van der Waals surface area contributed by atoms with Gasteiger partial charge in [-0.15, -0.1) is 0 Å². The average molecular weight is 457 g/mol. The highest BCUT2D eigenvalue weighted by Crippen LogP contribution is 2.59. The lowest BCUT2D eigenvalue weighted by Crippen LogP contribution is -2.44. The molecule has 0 bridgehead atoms. The molecule has 4 rings (SSSR count). The fraction of sp³-hybridized carbons (Fsp3) is 0.304. The van der Waals surface area contributed by atoms with Gasteiger partial charge in [0.25, 0.3) is 0 Å². The number of hydrogen-bond acceptors (Lipinski definition) is 7. The fourth-order valence-electron chi connectivity index (χ4n) is 4.90. The Labute approximate surface area is 189 Å². The number of benzene rings is 2. The maximum atomic E-state index is 13.8. The first-order valence-corrected chi connectivity index (χ1v) is 10.3. The van der Waals surface area contributed by atoms with Crippen molar-refractivity contribution in [2.75, 3.05) is 14.2 Å². The summed E-state index contributed by atoms with van der Waals surface area (Å²) >= 11 is 6.05. The molecular weight excluding hydrogens is 436 g/mol. The second-order valence-corrected chi connectivity index (χ2v) is 8.20. The minimum absolute atomic E-state index is 0.283. The molecule has 1 spiro atoms. The van der Waals surface area contributed by atoms with Crippen LogP contribution < -0.4 is 5.32 Å². The summed E-state index contributed by atoms with van der Waals surface area (Å²) in [5.41, 5.74) is -0.145. The Kier molecular flexibility index (Phi) is 5.75. The lowest BCUT2D eigenvalue weighted by Gasteiger charge is -2.34. The van der Waals surface area contributed by atoms with Gasteiger partial charge in [0.1, 0.15) is 6.04 Å². The predicted octanol–water partition coefficient (Wildman–Crippen LogP) is 2.82. The van der Waals surface area contributed by atoms with Crippen molar-refractivity contribution in [2.24, 2.45) is 5.41 Å². The zero-order chi connectivity index (χ0) is 23.0. The Bertz CT molecular complexity index is 1070. The van der Waals surface area contributed by atoms with Gasteiger partial charge in [-0.05, 0) is 23.3 Å². The van der Waals surface area contributed by atoms with Crippen molar-refractivity contribution in [2.45, 2.75) is 24.4 Å². The van der Waals surface area contributed by atoms with E-state index in [-0.39, 0.29) is 6.42 Å². The predicted molar refractivity (Wildman–Crippen MR) is 114 cm³/mol. The Hall–Kier alpha value is -3.23. The summed E-state index contributed by atoms with van der Waals surface area (Å²) in [6.45, 7) is 0. The van der Waals surface area contributed by atoms with Crippen molar-refractivity contribution >= 4 is 35.5 Å². The maximum absolute atomic E-state index is 13.8. The number of nitrogens with one attached hydrogen (secondary N) is 1. The van der Waals surface area contributed by atoms with Crippen LogP contribution in [0.2, 0.25) is 5.02 Å². The molecule has 0 saturated carbocycles. The third-order valence-electron chi connectivity index (χ3n) is 6.22. The Morgan fingerprint density at radius 1 is 1.00 bits per heavy atom. The quantitative estimate of drug-likeness (QED) is 0.559. The molecule has 9 heteroatoms. The van der Waals surface area contributed by atoms with E-state index in [1.165, 1.54) is 7.11 Å². The standard InChI is InChI=1S/C23H21ClN2O6/c1-31-20(28)18-17(13-6-4-3-5-7-13)23(12-16(27)26(21(23)29)22(30)32-2)19(25-18)14-8-10-15(24)11-9-14/h3-11,17-19,25H,12H2,1-2H3/t17-,18+,19+,23+/m0/s1. The minimum atomic E-state index is -1.46. The number of likely N-dealkylation sites (tertiary alicyclic amines) is 1. The molecular formula is C23H21ClN2O6. The number of methoxy groups -OCH3 is 2. The molecule has 2 aromatic rings. The molecule has 32 heavy (non-hydrogen) atoms. The van der Waals surface area contributed by atoms with Gasteiger partial charge >= 0.3 is 12.1 Å². The normalized spacial score (nSPS) is 27.1. The van der Waals surface area contributed by atoms with E-state index in [2.05, 4.69) is 10.1 Å². The molecule has 0 unspecified atom stereocenters. The van der Waals surface area contributed by atoms with Crippen molar-refractivity contribution in [3.63, 3.8) is 0 Å². The summed E-state index contributed by atoms with van der Waals surface area (Å²) in [6.07, 6.45) is -1.34. The van der Waals surface area contributed by atoms with Crippen LogP contribution in [0.1, 0.15) is 29.5 Å². The van der Waals surface area contributed by atoms with Crippen molar-refractivity contribution in [1.82, 2.24) is 10.2 Å². The molecule has 3 amide bonds. The molecule has 1 N–H and O–H groups in total. The third kappa shape index (κ3) is 3.27. The molecule has 2 heterocycles. The topological polar surface area (TPSA) is 102 Å². The van der Waals surface area contributed by atoms with Gasteiger partial charge in [0.05, 0.1) is 19.6 Å². The van der Waals surface area contributed by atoms with Crippen LogP contribution >= 0.6 is 11.6 Å². The number of nitrogens with zero attached hydrogens (tertiary/aromatic N) is 1. The Morgan fingerprint density at radius 3 is 2.25 bits per heavy atom. The summed E-state index contributed by atoms with van der Waals surface area (Å²) in [5.74, 6) is -2.76. The number of carbonyl (C=O) groups is 4. The molecule has 0 aliphatic carbocycles. The van der Waals surface area contributed by atoms with Gasteiger partial charge in [0, 0.05) is 23.4 Å². The summed E-state index contributed by atoms with van der Waals surface area (Å²) < 4.78 is 9.71. The molecule has 2 saturated heterocycles. The van der Waals surface area contributed by atoms with Crippen LogP contribution in [0.4, 0.5) is 4.79 Å². The Balaban J connectivity index is 1.95. The van der Waals surface area contributed by atoms with E-state index in [0.717, 1.165) is 7.11 Å². The first-order chi connectivity index (χ1) is 15.3. The van der Waals surface area contributed by atoms with Crippen LogP contribution in [0, 0.1) is 5.41 Å². The van der Waals surface area contributed by atoms with Crippen molar-refractivity contribution in [3.8, 4) is 0 Å². The number of amides is 3. The fourth-order valence-corrected chi connectivity index (χ4v) is 5.03. The van der Waals surface area contributed by atoms with Gasteiger partial charge in [-0.2, -0.15) is 4.90 Å². The van der Waals surface area contributed by atoms with Crippen LogP contribution in [0.15, 0.2) is 54.6 Å². The molecule has 2 fully saturated rings. The van der Waals surface area contributed by atoms with Crippen LogP contribution in [0.5, 0.6) is 0 Å². The number of carbonyl (C=O) groups excluding carboxylic acids is 4. The minimum Gasteiger partial charge on any atom is -0.468 e. The lowest BCUT2D eigenvalue weighted by atomic mass is 9.65. The molecule has 2 aliphatic rings. The number of rotatable bonds is 3. The summed E-state index contributed by atoms with van der Waals surface area (Å²) in [6, 6.07) is 14.0. The first-order valence-electron chi connectivity index (χ1n) is 9.94. The number of imide groups is 3. The monoisotopic (exact) mass is 456 g/mol. The maximum Gasteiger partial charge on any atom is 0.423 e. The van der Waals surface area contributed by atoms with Crippen LogP contribution in [-0.2, 0) is 23.9 Å². The highest BCUT2D eigenvalue weighted by Gasteiger charge is 2.69. The number of esters is 1. The zero-order valence-corrected chi connectivity index (χ0v) is 18.2. The molecule has 2 aliphatic heterocycles. The van der Waals surface area contributed by atoms with Gasteiger partial charge in [0.2, 0.25) is 11.8 Å². The summed E-state index contributed by atoms with van der Waals surface area (Å²) in [7, 11) is 2.36. The summed E-state index contributed by atoms with van der Waals surface area (Å²) in [5, 5.41) is 3.71. The van der Waals surface area contributed by atoms with Crippen LogP contribution in [-0.4, -0.2) is 49.0 Å². The molecule has 8 nitrogen and oxygen atoms in total. The van der Waals surface area contributed by atoms with Crippen molar-refractivity contribution in [1.29, 1.82) is 0 Å². The first kappa shape index (κ1) is 22.0. The molecule has 0 radical (unpaired) electrons. The zero-order valence-electron chi connectivity index (χ0n) is 17.4. The van der Waals surface area contributed by atoms with E-state index in [1.807, 2.05) is 6.07 Å². The molecule has 2 aromatic carbocycles. The smallest absolute Gasteiger partial charge is 0.423 e. The highest BCUT2D eigenvalue weighted by atomic mass is 35.5. The Morgan fingerprint density at radius 2 is 1.66 bits per heavy atom. The van der Waals surface area contributed by atoms with Crippen molar-refractivity contribution in [3.05, 3.63) is 70.7 Å². The van der Waals surface area contributed by atoms with Gasteiger partial charge in [-0.1, -0.05) is 54.1 Å². The number of halogens is 1. The van der Waals surface area contributed by atoms with Crippen LogP contribution in [0.3, 0.4) is 0 Å². The van der Waals surface area contributed by atoms with E-state index in [1.54, 1.807) is 48.5 Å². The van der Waals surface area contributed by atoms with Gasteiger partial charge in [-0.25, -0.2) is 4.79 Å². The van der Waals surface area contributed by atoms with E-state index in [4.69, 9.17) is 16.3 Å². The largest absolute Gasteiger partial charge is 0.468 e. The van der Waals surface area contributed by atoms with Gasteiger partial charge in [-0.3, -0.25) is 19.7 Å². The van der Waals surface area contributed by atoms with Gasteiger partial charge in [0.15, 0.2) is 0 Å². The number of hydrogen-bond donors (Lipinski definition) is 1. The SMILES string of the molecule is COC(=O)[C@@H]1N[C@H](c2ccc(Cl)cc2)[C@@]2(CC(=O)N(C(=O)OC)C2=O)[C@H]1c1ccccc1. The van der Waals surface area contributed by atoms with Crippen LogP contribution in [0.25, 0.3) is 0 Å². The number of ether oxygens (including phenoxy) is 2. The second-order valence-electron chi connectivity index (χ2n) is 7.76. The average Bonchev–Trinajstić information content (AvgIpc) is 3.28. The van der Waals surface area contributed by atoms with E-state index < -0.39 is 47.3 Å². The molecule has 0 aromatic heterocycles. The highest BCUT2D eigenvalue weighted by molar-refractivity contribution is 6.30. The lowest BCUT2D eigenvalue weighted by molar-refractivity contribution is -0.143. The molecule has 166 valence electrons.